The number of rotatable bonds is 7. The summed E-state index contributed by atoms with van der Waals surface area (Å²) in [6.45, 7) is -3.54. The van der Waals surface area contributed by atoms with Gasteiger partial charge < -0.3 is 19.5 Å². The van der Waals surface area contributed by atoms with E-state index >= 15 is 0 Å². The molecule has 0 bridgehead atoms. The molecule has 29 heavy (non-hydrogen) atoms. The Labute approximate surface area is 165 Å². The summed E-state index contributed by atoms with van der Waals surface area (Å²) in [4.78, 5) is 24.3. The summed E-state index contributed by atoms with van der Waals surface area (Å²) >= 11 is 0. The second-order valence-corrected chi connectivity index (χ2v) is 5.90. The highest BCUT2D eigenvalue weighted by Crippen LogP contribution is 2.29. The van der Waals surface area contributed by atoms with E-state index in [-0.39, 0.29) is 17.1 Å². The van der Waals surface area contributed by atoms with E-state index in [2.05, 4.69) is 10.1 Å². The first-order chi connectivity index (χ1) is 14.0. The first-order valence-electron chi connectivity index (χ1n) is 8.55. The predicted molar refractivity (Wildman–Crippen MR) is 102 cm³/mol. The molecule has 6 nitrogen and oxygen atoms in total. The van der Waals surface area contributed by atoms with Crippen LogP contribution < -0.4 is 14.8 Å². The SMILES string of the molecule is COc1cc(C(=O)OCC(=O)Nc2cccc3ccccc23)ccc1OC(F)F. The monoisotopic (exact) mass is 401 g/mol. The summed E-state index contributed by atoms with van der Waals surface area (Å²) in [7, 11) is 1.25. The largest absolute Gasteiger partial charge is 0.493 e. The van der Waals surface area contributed by atoms with E-state index in [1.807, 2.05) is 30.3 Å². The van der Waals surface area contributed by atoms with Gasteiger partial charge in [0.2, 0.25) is 0 Å². The molecule has 3 aromatic rings. The lowest BCUT2D eigenvalue weighted by Crippen LogP contribution is -2.21. The number of hydrogen-bond donors (Lipinski definition) is 1. The zero-order valence-corrected chi connectivity index (χ0v) is 15.4. The molecule has 0 radical (unpaired) electrons. The molecule has 0 spiro atoms. The first-order valence-corrected chi connectivity index (χ1v) is 8.55. The average molecular weight is 401 g/mol. The van der Waals surface area contributed by atoms with Gasteiger partial charge in [0.1, 0.15) is 0 Å². The summed E-state index contributed by atoms with van der Waals surface area (Å²) in [5, 5.41) is 4.52. The average Bonchev–Trinajstić information content (AvgIpc) is 2.72. The Morgan fingerprint density at radius 2 is 1.76 bits per heavy atom. The molecule has 1 N–H and O–H groups in total. The minimum atomic E-state index is -3.03. The minimum absolute atomic E-state index is 0.0291. The van der Waals surface area contributed by atoms with Crippen LogP contribution in [0.2, 0.25) is 0 Å². The fourth-order valence-corrected chi connectivity index (χ4v) is 2.72. The lowest BCUT2D eigenvalue weighted by molar-refractivity contribution is -0.119. The molecule has 0 atom stereocenters. The van der Waals surface area contributed by atoms with E-state index in [0.29, 0.717) is 5.69 Å². The highest BCUT2D eigenvalue weighted by molar-refractivity contribution is 6.03. The number of amides is 1. The van der Waals surface area contributed by atoms with Gasteiger partial charge in [0, 0.05) is 11.1 Å². The maximum absolute atomic E-state index is 12.4. The van der Waals surface area contributed by atoms with Gasteiger partial charge in [0.25, 0.3) is 5.91 Å². The normalized spacial score (nSPS) is 10.6. The number of hydrogen-bond acceptors (Lipinski definition) is 5. The number of anilines is 1. The second-order valence-electron chi connectivity index (χ2n) is 5.90. The van der Waals surface area contributed by atoms with Gasteiger partial charge in [-0.05, 0) is 29.7 Å². The summed E-state index contributed by atoms with van der Waals surface area (Å²) in [5.41, 5.74) is 0.626. The molecular formula is C21H17F2NO5. The molecule has 0 heterocycles. The van der Waals surface area contributed by atoms with Crippen LogP contribution in [0.4, 0.5) is 14.5 Å². The van der Waals surface area contributed by atoms with Gasteiger partial charge in [0.05, 0.1) is 12.7 Å². The molecule has 0 saturated carbocycles. The fourth-order valence-electron chi connectivity index (χ4n) is 2.72. The number of esters is 1. The van der Waals surface area contributed by atoms with Crippen molar-refractivity contribution < 1.29 is 32.6 Å². The molecular weight excluding hydrogens is 384 g/mol. The Balaban J connectivity index is 1.63. The van der Waals surface area contributed by atoms with Crippen molar-refractivity contribution in [1.29, 1.82) is 0 Å². The Kier molecular flexibility index (Phi) is 6.23. The summed E-state index contributed by atoms with van der Waals surface area (Å²) in [6.07, 6.45) is 0. The number of fused-ring (bicyclic) bond motifs is 1. The fraction of sp³-hybridized carbons (Fsp3) is 0.143. The topological polar surface area (TPSA) is 73.9 Å². The van der Waals surface area contributed by atoms with E-state index in [9.17, 15) is 18.4 Å². The molecule has 0 saturated heterocycles. The maximum Gasteiger partial charge on any atom is 0.387 e. The number of benzene rings is 3. The molecule has 0 aromatic heterocycles. The van der Waals surface area contributed by atoms with Gasteiger partial charge in [-0.1, -0.05) is 36.4 Å². The minimum Gasteiger partial charge on any atom is -0.493 e. The highest BCUT2D eigenvalue weighted by Gasteiger charge is 2.16. The van der Waals surface area contributed by atoms with Crippen LogP contribution in [0.15, 0.2) is 60.7 Å². The van der Waals surface area contributed by atoms with Gasteiger partial charge in [0.15, 0.2) is 18.1 Å². The molecule has 0 fully saturated rings. The van der Waals surface area contributed by atoms with Gasteiger partial charge in [-0.3, -0.25) is 4.79 Å². The Hall–Kier alpha value is -3.68. The number of alkyl halides is 2. The van der Waals surface area contributed by atoms with Gasteiger partial charge in [-0.2, -0.15) is 8.78 Å². The van der Waals surface area contributed by atoms with Crippen molar-refractivity contribution in [3.63, 3.8) is 0 Å². The lowest BCUT2D eigenvalue weighted by Gasteiger charge is -2.12. The predicted octanol–water partition coefficient (Wildman–Crippen LogP) is 4.25. The van der Waals surface area contributed by atoms with Gasteiger partial charge >= 0.3 is 12.6 Å². The van der Waals surface area contributed by atoms with Crippen molar-refractivity contribution >= 4 is 28.3 Å². The zero-order valence-electron chi connectivity index (χ0n) is 15.4. The third kappa shape index (κ3) is 4.98. The van der Waals surface area contributed by atoms with Crippen LogP contribution >= 0.6 is 0 Å². The summed E-state index contributed by atoms with van der Waals surface area (Å²) < 4.78 is 39.0. The van der Waals surface area contributed by atoms with Crippen molar-refractivity contribution in [2.75, 3.05) is 19.0 Å². The van der Waals surface area contributed by atoms with Crippen molar-refractivity contribution in [1.82, 2.24) is 0 Å². The van der Waals surface area contributed by atoms with E-state index in [4.69, 9.17) is 9.47 Å². The van der Waals surface area contributed by atoms with E-state index in [0.717, 1.165) is 16.8 Å². The second kappa shape index (κ2) is 9.01. The van der Waals surface area contributed by atoms with Gasteiger partial charge in [-0.15, -0.1) is 0 Å². The number of nitrogens with one attached hydrogen (secondary N) is 1. The van der Waals surface area contributed by atoms with Crippen LogP contribution in [0.25, 0.3) is 10.8 Å². The molecule has 0 aliphatic rings. The van der Waals surface area contributed by atoms with Crippen LogP contribution in [0.1, 0.15) is 10.4 Å². The van der Waals surface area contributed by atoms with Crippen molar-refractivity contribution in [3.8, 4) is 11.5 Å². The van der Waals surface area contributed by atoms with E-state index in [1.165, 1.54) is 19.2 Å². The first kappa shape index (κ1) is 20.1. The molecule has 0 aliphatic carbocycles. The number of halogens is 2. The Morgan fingerprint density at radius 3 is 2.52 bits per heavy atom. The molecule has 3 rings (SSSR count). The van der Waals surface area contributed by atoms with Crippen LogP contribution in [-0.2, 0) is 9.53 Å². The number of carbonyl (C=O) groups excluding carboxylic acids is 2. The van der Waals surface area contributed by atoms with Crippen molar-refractivity contribution in [3.05, 3.63) is 66.2 Å². The Morgan fingerprint density at radius 1 is 1.00 bits per heavy atom. The molecule has 150 valence electrons. The van der Waals surface area contributed by atoms with Gasteiger partial charge in [-0.25, -0.2) is 4.79 Å². The Bertz CT molecular complexity index is 1030. The van der Waals surface area contributed by atoms with Crippen molar-refractivity contribution in [2.24, 2.45) is 0 Å². The lowest BCUT2D eigenvalue weighted by atomic mass is 10.1. The zero-order chi connectivity index (χ0) is 20.8. The number of carbonyl (C=O) groups is 2. The van der Waals surface area contributed by atoms with Crippen LogP contribution in [0.5, 0.6) is 11.5 Å². The molecule has 3 aromatic carbocycles. The van der Waals surface area contributed by atoms with Crippen molar-refractivity contribution in [2.45, 2.75) is 6.61 Å². The maximum atomic E-state index is 12.4. The molecule has 0 unspecified atom stereocenters. The van der Waals surface area contributed by atoms with E-state index < -0.39 is 25.1 Å². The molecule has 1 amide bonds. The van der Waals surface area contributed by atoms with Crippen LogP contribution in [0, 0.1) is 0 Å². The van der Waals surface area contributed by atoms with Crippen LogP contribution in [0.3, 0.4) is 0 Å². The smallest absolute Gasteiger partial charge is 0.387 e. The molecule has 0 aliphatic heterocycles. The highest BCUT2D eigenvalue weighted by atomic mass is 19.3. The number of ether oxygens (including phenoxy) is 3. The quantitative estimate of drug-likeness (QED) is 0.600. The van der Waals surface area contributed by atoms with Crippen LogP contribution in [-0.4, -0.2) is 32.2 Å². The standard InChI is InChI=1S/C21H17F2NO5/c1-27-18-11-14(9-10-17(18)29-21(22)23)20(26)28-12-19(25)24-16-8-4-6-13-5-2-3-7-15(13)16/h2-11,21H,12H2,1H3,(H,24,25). The third-order valence-electron chi connectivity index (χ3n) is 4.01. The third-order valence-corrected chi connectivity index (χ3v) is 4.01. The summed E-state index contributed by atoms with van der Waals surface area (Å²) in [6, 6.07) is 16.6. The van der Waals surface area contributed by atoms with E-state index in [1.54, 1.807) is 12.1 Å². The summed E-state index contributed by atoms with van der Waals surface area (Å²) in [5.74, 6) is -1.59. The number of methoxy groups -OCH3 is 1. The molecule has 8 heteroatoms.